The van der Waals surface area contributed by atoms with Crippen molar-refractivity contribution in [1.29, 1.82) is 0 Å². The molecule has 0 saturated heterocycles. The first-order valence-corrected chi connectivity index (χ1v) is 5.64. The van der Waals surface area contributed by atoms with Gasteiger partial charge in [-0.25, -0.2) is 0 Å². The Labute approximate surface area is 93.0 Å². The molecule has 0 heterocycles. The number of carbonyl (C=O) groups is 1. The molecule has 0 amide bonds. The predicted octanol–water partition coefficient (Wildman–Crippen LogP) is 3.84. The molecule has 2 nitrogen and oxygen atoms in total. The average Bonchev–Trinajstić information content (AvgIpc) is 2.18. The molecule has 0 aliphatic carbocycles. The predicted molar refractivity (Wildman–Crippen MR) is 63.4 cm³/mol. The number of rotatable bonds is 7. The Balaban J connectivity index is 3.98. The van der Waals surface area contributed by atoms with Gasteiger partial charge in [0.2, 0.25) is 0 Å². The fourth-order valence-corrected chi connectivity index (χ4v) is 1.25. The van der Waals surface area contributed by atoms with Crippen molar-refractivity contribution in [1.82, 2.24) is 0 Å². The Morgan fingerprint density at radius 2 is 2.13 bits per heavy atom. The molecule has 0 aliphatic heterocycles. The highest BCUT2D eigenvalue weighted by atomic mass is 16.5. The second kappa shape index (κ2) is 8.27. The summed E-state index contributed by atoms with van der Waals surface area (Å²) < 4.78 is 5.02. The summed E-state index contributed by atoms with van der Waals surface area (Å²) in [5.41, 5.74) is 0.879. The minimum absolute atomic E-state index is 0.0414. The quantitative estimate of drug-likeness (QED) is 0.362. The van der Waals surface area contributed by atoms with Crippen molar-refractivity contribution in [3.8, 4) is 0 Å². The molecule has 1 unspecified atom stereocenters. The van der Waals surface area contributed by atoms with Gasteiger partial charge in [0, 0.05) is 0 Å². The van der Waals surface area contributed by atoms with Gasteiger partial charge < -0.3 is 4.74 Å². The van der Waals surface area contributed by atoms with Gasteiger partial charge in [0.1, 0.15) is 0 Å². The van der Waals surface area contributed by atoms with Gasteiger partial charge in [0.25, 0.3) is 0 Å². The maximum atomic E-state index is 11.6. The summed E-state index contributed by atoms with van der Waals surface area (Å²) in [4.78, 5) is 11.6. The lowest BCUT2D eigenvalue weighted by Gasteiger charge is -2.11. The van der Waals surface area contributed by atoms with Gasteiger partial charge in [0.15, 0.2) is 0 Å². The first kappa shape index (κ1) is 13.9. The van der Waals surface area contributed by atoms with Crippen molar-refractivity contribution in [2.24, 2.45) is 5.92 Å². The molecular formula is C13H22O2. The average molecular weight is 210 g/mol. The molecule has 2 heteroatoms. The minimum Gasteiger partial charge on any atom is -0.434 e. The van der Waals surface area contributed by atoms with E-state index in [-0.39, 0.29) is 11.9 Å². The van der Waals surface area contributed by atoms with Crippen LogP contribution in [0.3, 0.4) is 0 Å². The van der Waals surface area contributed by atoms with E-state index in [1.807, 2.05) is 13.8 Å². The lowest BCUT2D eigenvalue weighted by Crippen LogP contribution is -2.14. The zero-order valence-corrected chi connectivity index (χ0v) is 10.1. The maximum absolute atomic E-state index is 11.6. The third kappa shape index (κ3) is 6.95. The van der Waals surface area contributed by atoms with Gasteiger partial charge in [-0.15, -0.1) is 0 Å². The van der Waals surface area contributed by atoms with E-state index in [2.05, 4.69) is 13.5 Å². The molecule has 15 heavy (non-hydrogen) atoms. The smallest absolute Gasteiger partial charge is 0.313 e. The number of allylic oxidation sites excluding steroid dienone is 2. The van der Waals surface area contributed by atoms with Crippen LogP contribution >= 0.6 is 0 Å². The van der Waals surface area contributed by atoms with Crippen LogP contribution in [0.25, 0.3) is 0 Å². The van der Waals surface area contributed by atoms with Gasteiger partial charge >= 0.3 is 5.97 Å². The van der Waals surface area contributed by atoms with E-state index in [1.165, 1.54) is 6.26 Å². The Morgan fingerprint density at radius 3 is 2.60 bits per heavy atom. The van der Waals surface area contributed by atoms with Gasteiger partial charge in [-0.05, 0) is 25.8 Å². The largest absolute Gasteiger partial charge is 0.434 e. The summed E-state index contributed by atoms with van der Waals surface area (Å²) in [6, 6.07) is 0. The molecule has 0 saturated carbocycles. The number of ether oxygens (including phenoxy) is 1. The van der Waals surface area contributed by atoms with E-state index in [4.69, 9.17) is 4.74 Å². The second-order valence-electron chi connectivity index (χ2n) is 3.83. The van der Waals surface area contributed by atoms with Crippen LogP contribution in [0.15, 0.2) is 24.5 Å². The van der Waals surface area contributed by atoms with Crippen LogP contribution in [0, 0.1) is 5.92 Å². The summed E-state index contributed by atoms with van der Waals surface area (Å²) in [6.07, 6.45) is 7.10. The second-order valence-corrected chi connectivity index (χ2v) is 3.83. The van der Waals surface area contributed by atoms with Gasteiger partial charge in [-0.1, -0.05) is 38.8 Å². The molecule has 0 bridgehead atoms. The number of carbonyl (C=O) groups excluding carboxylic acids is 1. The Bertz CT molecular complexity index is 229. The molecule has 0 fully saturated rings. The standard InChI is InChI=1S/C13H22O2/c1-5-7-8-12(6-2)13(14)15-10-9-11(3)4/h9-10,12H,3,5-8H2,1-2,4H3. The number of unbranched alkanes of at least 4 members (excludes halogenated alkanes) is 1. The minimum atomic E-state index is -0.122. The molecule has 0 aromatic carbocycles. The molecule has 0 N–H and O–H groups in total. The van der Waals surface area contributed by atoms with Gasteiger partial charge in [0.05, 0.1) is 12.2 Å². The highest BCUT2D eigenvalue weighted by Gasteiger charge is 2.16. The SMILES string of the molecule is C=C(C)C=COC(=O)C(CC)CCCC. The Kier molecular flexibility index (Phi) is 7.69. The summed E-state index contributed by atoms with van der Waals surface area (Å²) in [7, 11) is 0. The van der Waals surface area contributed by atoms with Crippen molar-refractivity contribution in [3.63, 3.8) is 0 Å². The van der Waals surface area contributed by atoms with Gasteiger partial charge in [-0.3, -0.25) is 4.79 Å². The summed E-state index contributed by atoms with van der Waals surface area (Å²) in [5, 5.41) is 0. The van der Waals surface area contributed by atoms with E-state index in [0.717, 1.165) is 31.3 Å². The van der Waals surface area contributed by atoms with Crippen molar-refractivity contribution < 1.29 is 9.53 Å². The van der Waals surface area contributed by atoms with Crippen molar-refractivity contribution in [2.45, 2.75) is 46.5 Å². The van der Waals surface area contributed by atoms with Crippen molar-refractivity contribution in [2.75, 3.05) is 0 Å². The third-order valence-corrected chi connectivity index (χ3v) is 2.27. The van der Waals surface area contributed by atoms with Crippen LogP contribution in [0.4, 0.5) is 0 Å². The van der Waals surface area contributed by atoms with Crippen LogP contribution in [-0.2, 0) is 9.53 Å². The van der Waals surface area contributed by atoms with Crippen molar-refractivity contribution >= 4 is 5.97 Å². The van der Waals surface area contributed by atoms with Crippen LogP contribution in [0.2, 0.25) is 0 Å². The fraction of sp³-hybridized carbons (Fsp3) is 0.615. The summed E-state index contributed by atoms with van der Waals surface area (Å²) in [5.74, 6) is -0.0804. The van der Waals surface area contributed by atoms with Gasteiger partial charge in [-0.2, -0.15) is 0 Å². The monoisotopic (exact) mass is 210 g/mol. The van der Waals surface area contributed by atoms with E-state index in [0.29, 0.717) is 0 Å². The molecule has 0 aliphatic rings. The Morgan fingerprint density at radius 1 is 1.47 bits per heavy atom. The normalized spacial score (nSPS) is 12.7. The lowest BCUT2D eigenvalue weighted by atomic mass is 10.00. The molecule has 0 rings (SSSR count). The highest BCUT2D eigenvalue weighted by molar-refractivity contribution is 5.72. The molecular weight excluding hydrogens is 188 g/mol. The topological polar surface area (TPSA) is 26.3 Å². The van der Waals surface area contributed by atoms with Crippen LogP contribution in [-0.4, -0.2) is 5.97 Å². The molecule has 0 aromatic rings. The summed E-state index contributed by atoms with van der Waals surface area (Å²) >= 11 is 0. The highest BCUT2D eigenvalue weighted by Crippen LogP contribution is 2.14. The first-order chi connectivity index (χ1) is 7.11. The van der Waals surface area contributed by atoms with E-state index >= 15 is 0 Å². The van der Waals surface area contributed by atoms with E-state index < -0.39 is 0 Å². The fourth-order valence-electron chi connectivity index (χ4n) is 1.25. The number of esters is 1. The van der Waals surface area contributed by atoms with Crippen LogP contribution in [0.5, 0.6) is 0 Å². The lowest BCUT2D eigenvalue weighted by molar-refractivity contribution is -0.143. The molecule has 0 radical (unpaired) electrons. The molecule has 86 valence electrons. The van der Waals surface area contributed by atoms with E-state index in [9.17, 15) is 4.79 Å². The maximum Gasteiger partial charge on any atom is 0.313 e. The Hall–Kier alpha value is -1.05. The van der Waals surface area contributed by atoms with Crippen LogP contribution < -0.4 is 0 Å². The molecule has 0 aromatic heterocycles. The van der Waals surface area contributed by atoms with Crippen LogP contribution in [0.1, 0.15) is 46.5 Å². The molecule has 1 atom stereocenters. The van der Waals surface area contributed by atoms with E-state index in [1.54, 1.807) is 6.08 Å². The zero-order chi connectivity index (χ0) is 11.7. The number of hydrogen-bond donors (Lipinski definition) is 0. The third-order valence-electron chi connectivity index (χ3n) is 2.27. The zero-order valence-electron chi connectivity index (χ0n) is 10.1. The first-order valence-electron chi connectivity index (χ1n) is 5.64. The number of hydrogen-bond acceptors (Lipinski definition) is 2. The summed E-state index contributed by atoms with van der Waals surface area (Å²) in [6.45, 7) is 9.69. The van der Waals surface area contributed by atoms with Crippen molar-refractivity contribution in [3.05, 3.63) is 24.5 Å². The molecule has 0 spiro atoms.